The molecule has 1 aromatic carbocycles. The van der Waals surface area contributed by atoms with Gasteiger partial charge in [0, 0.05) is 11.6 Å². The first kappa shape index (κ1) is 7.55. The van der Waals surface area contributed by atoms with E-state index in [-0.39, 0.29) is 0 Å². The van der Waals surface area contributed by atoms with Crippen LogP contribution in [-0.2, 0) is 0 Å². The molecule has 1 aromatic heterocycles. The van der Waals surface area contributed by atoms with Crippen LogP contribution in [0.5, 0.6) is 5.75 Å². The van der Waals surface area contributed by atoms with Crippen LogP contribution in [0.2, 0.25) is 0 Å². The molecule has 1 heterocycles. The van der Waals surface area contributed by atoms with E-state index in [1.54, 1.807) is 7.11 Å². The number of aryl methyl sites for hydroxylation is 1. The van der Waals surface area contributed by atoms with Crippen LogP contribution in [-0.4, -0.2) is 11.5 Å². The van der Waals surface area contributed by atoms with Gasteiger partial charge in [0.15, 0.2) is 0 Å². The van der Waals surface area contributed by atoms with Crippen molar-refractivity contribution < 1.29 is 4.74 Å². The fraction of sp³-hybridized carbons (Fsp3) is 0.222. The molecule has 0 saturated carbocycles. The third-order valence-electron chi connectivity index (χ3n) is 1.89. The van der Waals surface area contributed by atoms with Crippen molar-refractivity contribution in [2.24, 2.45) is 0 Å². The standard InChI is InChI=1S/C9H9NOS/c1-6-3-7(11-2)4-9-8(6)5-10-12-9/h3-5H,1-2H3. The number of hydrogen-bond acceptors (Lipinski definition) is 3. The van der Waals surface area contributed by atoms with E-state index in [9.17, 15) is 0 Å². The van der Waals surface area contributed by atoms with Gasteiger partial charge in [-0.1, -0.05) is 0 Å². The average molecular weight is 179 g/mol. The average Bonchev–Trinajstić information content (AvgIpc) is 2.52. The number of hydrogen-bond donors (Lipinski definition) is 0. The third kappa shape index (κ3) is 1.06. The fourth-order valence-electron chi connectivity index (χ4n) is 1.23. The summed E-state index contributed by atoms with van der Waals surface area (Å²) in [5, 5.41) is 1.22. The molecule has 3 heteroatoms. The Morgan fingerprint density at radius 1 is 1.42 bits per heavy atom. The van der Waals surface area contributed by atoms with Gasteiger partial charge < -0.3 is 4.74 Å². The van der Waals surface area contributed by atoms with Crippen molar-refractivity contribution >= 4 is 21.6 Å². The Kier molecular flexibility index (Phi) is 1.73. The number of aromatic nitrogens is 1. The minimum atomic E-state index is 0.907. The lowest BCUT2D eigenvalue weighted by atomic mass is 10.1. The van der Waals surface area contributed by atoms with Gasteiger partial charge in [-0.2, -0.15) is 4.37 Å². The van der Waals surface area contributed by atoms with Gasteiger partial charge in [-0.25, -0.2) is 0 Å². The van der Waals surface area contributed by atoms with E-state index in [0.717, 1.165) is 5.75 Å². The molecule has 0 saturated heterocycles. The van der Waals surface area contributed by atoms with Crippen molar-refractivity contribution in [1.29, 1.82) is 0 Å². The predicted octanol–water partition coefficient (Wildman–Crippen LogP) is 2.61. The van der Waals surface area contributed by atoms with Crippen LogP contribution in [0.25, 0.3) is 10.1 Å². The molecule has 0 aliphatic carbocycles. The topological polar surface area (TPSA) is 22.1 Å². The summed E-state index contributed by atoms with van der Waals surface area (Å²) in [4.78, 5) is 0. The normalized spacial score (nSPS) is 10.5. The quantitative estimate of drug-likeness (QED) is 0.671. The molecule has 0 amide bonds. The van der Waals surface area contributed by atoms with E-state index in [4.69, 9.17) is 4.74 Å². The fourth-order valence-corrected chi connectivity index (χ4v) is 1.98. The predicted molar refractivity (Wildman–Crippen MR) is 50.9 cm³/mol. The lowest BCUT2D eigenvalue weighted by Gasteiger charge is -2.00. The highest BCUT2D eigenvalue weighted by atomic mass is 32.1. The molecule has 0 N–H and O–H groups in total. The summed E-state index contributed by atoms with van der Waals surface area (Å²) in [5.74, 6) is 0.907. The summed E-state index contributed by atoms with van der Waals surface area (Å²) >= 11 is 1.50. The van der Waals surface area contributed by atoms with Crippen LogP contribution in [0, 0.1) is 6.92 Å². The summed E-state index contributed by atoms with van der Waals surface area (Å²) < 4.78 is 10.5. The van der Waals surface area contributed by atoms with Gasteiger partial charge >= 0.3 is 0 Å². The van der Waals surface area contributed by atoms with Gasteiger partial charge in [-0.05, 0) is 36.2 Å². The molecule has 0 spiro atoms. The van der Waals surface area contributed by atoms with E-state index in [1.807, 2.05) is 18.3 Å². The van der Waals surface area contributed by atoms with E-state index in [2.05, 4.69) is 11.3 Å². The molecule has 0 atom stereocenters. The summed E-state index contributed by atoms with van der Waals surface area (Å²) in [6.45, 7) is 2.07. The van der Waals surface area contributed by atoms with Crippen LogP contribution in [0.1, 0.15) is 5.56 Å². The van der Waals surface area contributed by atoms with Crippen molar-refractivity contribution in [3.8, 4) is 5.75 Å². The summed E-state index contributed by atoms with van der Waals surface area (Å²) in [6, 6.07) is 4.04. The third-order valence-corrected chi connectivity index (χ3v) is 2.64. The lowest BCUT2D eigenvalue weighted by molar-refractivity contribution is 0.415. The summed E-state index contributed by atoms with van der Waals surface area (Å²) in [5.41, 5.74) is 1.22. The van der Waals surface area contributed by atoms with Gasteiger partial charge in [0.2, 0.25) is 0 Å². The molecular weight excluding hydrogens is 170 g/mol. The number of benzene rings is 1. The van der Waals surface area contributed by atoms with Gasteiger partial charge in [-0.15, -0.1) is 0 Å². The first-order chi connectivity index (χ1) is 5.81. The number of ether oxygens (including phenoxy) is 1. The van der Waals surface area contributed by atoms with Gasteiger partial charge in [0.05, 0.1) is 11.8 Å². The molecule has 2 aromatic rings. The Balaban J connectivity index is 2.75. The zero-order chi connectivity index (χ0) is 8.55. The van der Waals surface area contributed by atoms with E-state index >= 15 is 0 Å². The second-order valence-electron chi connectivity index (χ2n) is 2.68. The molecule has 0 radical (unpaired) electrons. The highest BCUT2D eigenvalue weighted by Crippen LogP contribution is 2.26. The first-order valence-corrected chi connectivity index (χ1v) is 4.47. The van der Waals surface area contributed by atoms with E-state index in [0.29, 0.717) is 0 Å². The van der Waals surface area contributed by atoms with Crippen LogP contribution in [0.3, 0.4) is 0 Å². The van der Waals surface area contributed by atoms with Gasteiger partial charge in [0.25, 0.3) is 0 Å². The smallest absolute Gasteiger partial charge is 0.120 e. The van der Waals surface area contributed by atoms with Crippen LogP contribution < -0.4 is 4.74 Å². The molecule has 0 aliphatic heterocycles. The Morgan fingerprint density at radius 3 is 3.00 bits per heavy atom. The number of fused-ring (bicyclic) bond motifs is 1. The monoisotopic (exact) mass is 179 g/mol. The Bertz CT molecular complexity index is 408. The molecule has 0 bridgehead atoms. The Morgan fingerprint density at radius 2 is 2.25 bits per heavy atom. The van der Waals surface area contributed by atoms with Crippen LogP contribution in [0.4, 0.5) is 0 Å². The molecule has 2 nitrogen and oxygen atoms in total. The SMILES string of the molecule is COc1cc(C)c2cnsc2c1. The number of nitrogens with zero attached hydrogens (tertiary/aromatic N) is 1. The molecule has 0 fully saturated rings. The minimum absolute atomic E-state index is 0.907. The largest absolute Gasteiger partial charge is 0.497 e. The highest BCUT2D eigenvalue weighted by Gasteiger charge is 2.02. The van der Waals surface area contributed by atoms with Crippen molar-refractivity contribution in [2.45, 2.75) is 6.92 Å². The maximum atomic E-state index is 5.15. The Hall–Kier alpha value is -1.09. The van der Waals surface area contributed by atoms with Crippen molar-refractivity contribution in [1.82, 2.24) is 4.37 Å². The number of rotatable bonds is 1. The maximum absolute atomic E-state index is 5.15. The molecule has 12 heavy (non-hydrogen) atoms. The summed E-state index contributed by atoms with van der Waals surface area (Å²) in [6.07, 6.45) is 1.90. The van der Waals surface area contributed by atoms with Gasteiger partial charge in [0.1, 0.15) is 5.75 Å². The van der Waals surface area contributed by atoms with E-state index in [1.165, 1.54) is 27.2 Å². The lowest BCUT2D eigenvalue weighted by Crippen LogP contribution is -1.82. The molecular formula is C9H9NOS. The molecule has 62 valence electrons. The van der Waals surface area contributed by atoms with Crippen LogP contribution in [0.15, 0.2) is 18.3 Å². The van der Waals surface area contributed by atoms with Crippen molar-refractivity contribution in [3.05, 3.63) is 23.9 Å². The number of methoxy groups -OCH3 is 1. The zero-order valence-corrected chi connectivity index (χ0v) is 7.81. The minimum Gasteiger partial charge on any atom is -0.497 e. The molecule has 2 rings (SSSR count). The van der Waals surface area contributed by atoms with Gasteiger partial charge in [-0.3, -0.25) is 0 Å². The first-order valence-electron chi connectivity index (χ1n) is 3.70. The Labute approximate surface area is 75.0 Å². The van der Waals surface area contributed by atoms with Crippen LogP contribution >= 0.6 is 11.5 Å². The van der Waals surface area contributed by atoms with Crippen molar-refractivity contribution in [3.63, 3.8) is 0 Å². The second kappa shape index (κ2) is 2.75. The highest BCUT2D eigenvalue weighted by molar-refractivity contribution is 7.13. The summed E-state index contributed by atoms with van der Waals surface area (Å²) in [7, 11) is 1.68. The van der Waals surface area contributed by atoms with E-state index < -0.39 is 0 Å². The second-order valence-corrected chi connectivity index (χ2v) is 3.52. The zero-order valence-electron chi connectivity index (χ0n) is 7.00. The maximum Gasteiger partial charge on any atom is 0.120 e. The van der Waals surface area contributed by atoms with Crippen molar-refractivity contribution in [2.75, 3.05) is 7.11 Å². The molecule has 0 unspecified atom stereocenters. The molecule has 0 aliphatic rings.